The van der Waals surface area contributed by atoms with E-state index >= 15 is 0 Å². The van der Waals surface area contributed by atoms with Crippen LogP contribution in [0.5, 0.6) is 0 Å². The predicted molar refractivity (Wildman–Crippen MR) is 102 cm³/mol. The number of nitro groups is 1. The highest BCUT2D eigenvalue weighted by Crippen LogP contribution is 2.22. The maximum absolute atomic E-state index is 12.9. The number of carbonyl (C=O) groups is 1. The lowest BCUT2D eigenvalue weighted by Crippen LogP contribution is -2.23. The molecule has 8 nitrogen and oxygen atoms in total. The van der Waals surface area contributed by atoms with E-state index in [2.05, 4.69) is 5.32 Å². The highest BCUT2D eigenvalue weighted by molar-refractivity contribution is 6.06. The maximum atomic E-state index is 12.9. The normalized spacial score (nSPS) is 10.6. The van der Waals surface area contributed by atoms with Crippen LogP contribution in [-0.4, -0.2) is 20.2 Å². The summed E-state index contributed by atoms with van der Waals surface area (Å²) in [5, 5.41) is 13.7. The first-order valence-corrected chi connectivity index (χ1v) is 8.22. The molecule has 8 heteroatoms. The Bertz CT molecular complexity index is 1100. The number of hydrogen-bond acceptors (Lipinski definition) is 4. The molecular weight excluding hydrogens is 348 g/mol. The minimum atomic E-state index is -0.567. The molecule has 0 aliphatic rings. The van der Waals surface area contributed by atoms with Crippen molar-refractivity contribution >= 4 is 17.3 Å². The Kier molecular flexibility index (Phi) is 4.64. The van der Waals surface area contributed by atoms with Crippen molar-refractivity contribution in [2.45, 2.75) is 13.8 Å². The molecule has 0 unspecified atom stereocenters. The summed E-state index contributed by atoms with van der Waals surface area (Å²) in [6, 6.07) is 13.3. The fourth-order valence-electron chi connectivity index (χ4n) is 2.96. The van der Waals surface area contributed by atoms with Crippen LogP contribution < -0.4 is 10.9 Å². The summed E-state index contributed by atoms with van der Waals surface area (Å²) in [6.45, 7) is 3.23. The monoisotopic (exact) mass is 366 g/mol. The van der Waals surface area contributed by atoms with E-state index in [-0.39, 0.29) is 28.1 Å². The molecule has 1 aromatic heterocycles. The van der Waals surface area contributed by atoms with Crippen molar-refractivity contribution in [1.29, 1.82) is 0 Å². The number of para-hydroxylation sites is 1. The van der Waals surface area contributed by atoms with E-state index in [9.17, 15) is 19.7 Å². The number of nitrogens with one attached hydrogen (secondary N) is 1. The second kappa shape index (κ2) is 6.91. The summed E-state index contributed by atoms with van der Waals surface area (Å²) in [5.74, 6) is -0.567. The summed E-state index contributed by atoms with van der Waals surface area (Å²) in [6.07, 6.45) is 0. The molecule has 1 amide bonds. The standard InChI is InChI=1S/C19H18N4O4/c1-12-15(10-7-11-16(12)23(26)27)18(24)20-17-13(2)21(3)22(19(17)25)14-8-5-4-6-9-14/h4-11H,1-3H3,(H,20,24). The second-order valence-electron chi connectivity index (χ2n) is 6.10. The maximum Gasteiger partial charge on any atom is 0.295 e. The first kappa shape index (κ1) is 18.1. The number of benzene rings is 2. The van der Waals surface area contributed by atoms with E-state index in [0.717, 1.165) is 0 Å². The van der Waals surface area contributed by atoms with Crippen LogP contribution in [0.1, 0.15) is 21.6 Å². The molecule has 3 rings (SSSR count). The van der Waals surface area contributed by atoms with Gasteiger partial charge in [0.15, 0.2) is 0 Å². The smallest absolute Gasteiger partial charge is 0.295 e. The molecular formula is C19H18N4O4. The molecule has 0 bridgehead atoms. The molecule has 27 heavy (non-hydrogen) atoms. The van der Waals surface area contributed by atoms with Crippen molar-refractivity contribution in [1.82, 2.24) is 9.36 Å². The van der Waals surface area contributed by atoms with E-state index in [1.54, 1.807) is 30.8 Å². The molecule has 1 heterocycles. The fourth-order valence-corrected chi connectivity index (χ4v) is 2.96. The van der Waals surface area contributed by atoms with Crippen LogP contribution in [0.2, 0.25) is 0 Å². The van der Waals surface area contributed by atoms with Crippen LogP contribution in [-0.2, 0) is 7.05 Å². The largest absolute Gasteiger partial charge is 0.316 e. The molecule has 0 saturated heterocycles. The highest BCUT2D eigenvalue weighted by atomic mass is 16.6. The molecule has 0 atom stereocenters. The van der Waals surface area contributed by atoms with Crippen LogP contribution in [0.15, 0.2) is 53.3 Å². The number of nitro benzene ring substituents is 1. The van der Waals surface area contributed by atoms with Gasteiger partial charge in [0.1, 0.15) is 5.69 Å². The van der Waals surface area contributed by atoms with Crippen molar-refractivity contribution in [3.8, 4) is 5.69 Å². The van der Waals surface area contributed by atoms with Gasteiger partial charge in [0.25, 0.3) is 17.2 Å². The number of hydrogen-bond donors (Lipinski definition) is 1. The Labute approximate surface area is 154 Å². The van der Waals surface area contributed by atoms with E-state index in [4.69, 9.17) is 0 Å². The molecule has 2 aromatic carbocycles. The van der Waals surface area contributed by atoms with Crippen molar-refractivity contribution in [3.63, 3.8) is 0 Å². The van der Waals surface area contributed by atoms with Gasteiger partial charge < -0.3 is 5.32 Å². The lowest BCUT2D eigenvalue weighted by atomic mass is 10.1. The lowest BCUT2D eigenvalue weighted by molar-refractivity contribution is -0.385. The third-order valence-electron chi connectivity index (χ3n) is 4.54. The molecule has 0 aliphatic carbocycles. The topological polar surface area (TPSA) is 99.2 Å². The van der Waals surface area contributed by atoms with Gasteiger partial charge in [-0.15, -0.1) is 0 Å². The van der Waals surface area contributed by atoms with Gasteiger partial charge in [0, 0.05) is 24.2 Å². The second-order valence-corrected chi connectivity index (χ2v) is 6.10. The zero-order chi connectivity index (χ0) is 19.7. The first-order chi connectivity index (χ1) is 12.8. The molecule has 0 spiro atoms. The minimum Gasteiger partial charge on any atom is -0.316 e. The third-order valence-corrected chi connectivity index (χ3v) is 4.54. The predicted octanol–water partition coefficient (Wildman–Crippen LogP) is 2.95. The summed E-state index contributed by atoms with van der Waals surface area (Å²) in [5.41, 5.74) is 1.25. The van der Waals surface area contributed by atoms with Gasteiger partial charge in [0.2, 0.25) is 0 Å². The van der Waals surface area contributed by atoms with E-state index in [0.29, 0.717) is 11.4 Å². The number of carbonyl (C=O) groups excluding carboxylic acids is 1. The van der Waals surface area contributed by atoms with Crippen LogP contribution >= 0.6 is 0 Å². The average molecular weight is 366 g/mol. The Morgan fingerprint density at radius 1 is 1.07 bits per heavy atom. The van der Waals surface area contributed by atoms with E-state index in [1.807, 2.05) is 18.2 Å². The van der Waals surface area contributed by atoms with Gasteiger partial charge in [-0.05, 0) is 32.0 Å². The third kappa shape index (κ3) is 3.12. The zero-order valence-electron chi connectivity index (χ0n) is 15.1. The lowest BCUT2D eigenvalue weighted by Gasteiger charge is -2.07. The van der Waals surface area contributed by atoms with Crippen LogP contribution in [0, 0.1) is 24.0 Å². The molecule has 138 valence electrons. The van der Waals surface area contributed by atoms with Crippen molar-refractivity contribution in [2.75, 3.05) is 5.32 Å². The van der Waals surface area contributed by atoms with Crippen molar-refractivity contribution < 1.29 is 9.72 Å². The van der Waals surface area contributed by atoms with Crippen LogP contribution in [0.4, 0.5) is 11.4 Å². The van der Waals surface area contributed by atoms with Gasteiger partial charge in [-0.25, -0.2) is 4.68 Å². The molecule has 0 fully saturated rings. The molecule has 0 saturated carbocycles. The number of rotatable bonds is 4. The van der Waals surface area contributed by atoms with Crippen molar-refractivity contribution in [3.05, 3.63) is 85.8 Å². The van der Waals surface area contributed by atoms with Gasteiger partial charge in [0.05, 0.1) is 16.3 Å². The summed E-state index contributed by atoms with van der Waals surface area (Å²) in [4.78, 5) is 36.1. The Morgan fingerprint density at radius 2 is 1.74 bits per heavy atom. The van der Waals surface area contributed by atoms with E-state index < -0.39 is 10.8 Å². The van der Waals surface area contributed by atoms with Gasteiger partial charge in [-0.3, -0.25) is 24.4 Å². The van der Waals surface area contributed by atoms with Gasteiger partial charge >= 0.3 is 0 Å². The first-order valence-electron chi connectivity index (χ1n) is 8.22. The average Bonchev–Trinajstić information content (AvgIpc) is 2.85. The number of anilines is 1. The Hall–Kier alpha value is -3.68. The number of amides is 1. The van der Waals surface area contributed by atoms with Crippen molar-refractivity contribution in [2.24, 2.45) is 7.05 Å². The summed E-state index contributed by atoms with van der Waals surface area (Å²) in [7, 11) is 1.72. The number of aromatic nitrogens is 2. The van der Waals surface area contributed by atoms with Crippen LogP contribution in [0.25, 0.3) is 5.69 Å². The Morgan fingerprint density at radius 3 is 2.37 bits per heavy atom. The summed E-state index contributed by atoms with van der Waals surface area (Å²) >= 11 is 0. The Balaban J connectivity index is 2.03. The molecule has 1 N–H and O–H groups in total. The fraction of sp³-hybridized carbons (Fsp3) is 0.158. The summed E-state index contributed by atoms with van der Waals surface area (Å²) < 4.78 is 3.10. The highest BCUT2D eigenvalue weighted by Gasteiger charge is 2.22. The SMILES string of the molecule is Cc1c(C(=O)Nc2c(C)n(C)n(-c3ccccc3)c2=O)cccc1[N+](=O)[O-]. The zero-order valence-corrected chi connectivity index (χ0v) is 15.1. The molecule has 0 radical (unpaired) electrons. The molecule has 3 aromatic rings. The van der Waals surface area contributed by atoms with Gasteiger partial charge in [-0.1, -0.05) is 24.3 Å². The molecule has 0 aliphatic heterocycles. The van der Waals surface area contributed by atoms with Gasteiger partial charge in [-0.2, -0.15) is 0 Å². The number of nitrogens with zero attached hydrogens (tertiary/aromatic N) is 3. The van der Waals surface area contributed by atoms with E-state index in [1.165, 1.54) is 29.8 Å². The quantitative estimate of drug-likeness (QED) is 0.567. The minimum absolute atomic E-state index is 0.136. The van der Waals surface area contributed by atoms with Crippen LogP contribution in [0.3, 0.4) is 0 Å².